The number of nitrogens with zero attached hydrogens (tertiary/aromatic N) is 5. The zero-order chi connectivity index (χ0) is 29.2. The average molecular weight is 571 g/mol. The van der Waals surface area contributed by atoms with Gasteiger partial charge < -0.3 is 34.5 Å². The van der Waals surface area contributed by atoms with Gasteiger partial charge in [-0.3, -0.25) is 14.4 Å². The molecule has 1 aromatic carbocycles. The number of hydroxylamine groups is 2. The van der Waals surface area contributed by atoms with Crippen LogP contribution in [-0.2, 0) is 23.9 Å². The maximum Gasteiger partial charge on any atom is 0.527 e. The van der Waals surface area contributed by atoms with E-state index in [4.69, 9.17) is 14.3 Å². The number of carbonyl (C=O) groups excluding carboxylic acids is 3. The molecule has 2 aliphatic heterocycles. The second kappa shape index (κ2) is 14.4. The maximum atomic E-state index is 13.5. The first-order chi connectivity index (χ1) is 19.8. The van der Waals surface area contributed by atoms with E-state index in [1.807, 2.05) is 35.2 Å². The van der Waals surface area contributed by atoms with Crippen molar-refractivity contribution in [2.45, 2.75) is 25.8 Å². The molecular weight excluding hydrogens is 536 g/mol. The lowest BCUT2D eigenvalue weighted by Crippen LogP contribution is -2.55. The van der Waals surface area contributed by atoms with Crippen LogP contribution >= 0.6 is 0 Å². The summed E-state index contributed by atoms with van der Waals surface area (Å²) in [6, 6.07) is 9.70. The van der Waals surface area contributed by atoms with Crippen molar-refractivity contribution in [2.75, 3.05) is 64.0 Å². The van der Waals surface area contributed by atoms with Crippen LogP contribution in [0.2, 0.25) is 0 Å². The number of carbonyl (C=O) groups is 4. The highest BCUT2D eigenvalue weighted by molar-refractivity contribution is 5.97. The molecule has 2 aliphatic rings. The predicted octanol–water partition coefficient (Wildman–Crippen LogP) is 1.18. The molecule has 220 valence electrons. The van der Waals surface area contributed by atoms with Crippen LogP contribution in [-0.4, -0.2) is 114 Å². The lowest BCUT2D eigenvalue weighted by molar-refractivity contribution is -0.157. The van der Waals surface area contributed by atoms with Crippen LogP contribution in [0.5, 0.6) is 0 Å². The summed E-state index contributed by atoms with van der Waals surface area (Å²) < 4.78 is 10.2. The SMILES string of the molecule is CCOC(=O)ON1CCN(C(=O)[C@H](CCC(=O)O)NC(=O)c2cc(N3CCOCC3)nc(-c3ccccc3)n2)CC1. The summed E-state index contributed by atoms with van der Waals surface area (Å²) in [5, 5.41) is 13.4. The van der Waals surface area contributed by atoms with E-state index in [-0.39, 0.29) is 51.3 Å². The highest BCUT2D eigenvalue weighted by atomic mass is 16.8. The number of hydrogen-bond donors (Lipinski definition) is 2. The zero-order valence-corrected chi connectivity index (χ0v) is 22.9. The number of carboxylic acid groups (broad SMARTS) is 1. The molecule has 0 aliphatic carbocycles. The van der Waals surface area contributed by atoms with E-state index in [1.54, 1.807) is 13.0 Å². The number of anilines is 1. The third-order valence-corrected chi connectivity index (χ3v) is 6.58. The minimum Gasteiger partial charge on any atom is -0.481 e. The number of rotatable bonds is 10. The lowest BCUT2D eigenvalue weighted by atomic mass is 10.1. The van der Waals surface area contributed by atoms with E-state index in [0.29, 0.717) is 37.9 Å². The Morgan fingerprint density at radius 2 is 1.73 bits per heavy atom. The van der Waals surface area contributed by atoms with Gasteiger partial charge in [-0.2, -0.15) is 0 Å². The first-order valence-electron chi connectivity index (χ1n) is 13.5. The molecule has 0 unspecified atom stereocenters. The standard InChI is InChI=1S/C27H34N6O8/c1-2-40-27(38)41-33-12-10-32(11-13-33)26(37)20(8-9-23(34)35)29-25(36)21-18-22(31-14-16-39-17-15-31)30-24(28-21)19-6-4-3-5-7-19/h3-7,18,20H,2,8-17H2,1H3,(H,29,36)(H,34,35)/t20-/m0/s1. The first-order valence-corrected chi connectivity index (χ1v) is 13.5. The molecule has 1 atom stereocenters. The van der Waals surface area contributed by atoms with Crippen LogP contribution < -0.4 is 10.2 Å². The summed E-state index contributed by atoms with van der Waals surface area (Å²) in [5.74, 6) is -1.23. The molecular formula is C27H34N6O8. The molecule has 0 bridgehead atoms. The molecule has 41 heavy (non-hydrogen) atoms. The summed E-state index contributed by atoms with van der Waals surface area (Å²) >= 11 is 0. The van der Waals surface area contributed by atoms with Crippen LogP contribution in [0.15, 0.2) is 36.4 Å². The third-order valence-electron chi connectivity index (χ3n) is 6.58. The van der Waals surface area contributed by atoms with Gasteiger partial charge in [0.05, 0.1) is 32.9 Å². The second-order valence-corrected chi connectivity index (χ2v) is 9.39. The fraction of sp³-hybridized carbons (Fsp3) is 0.481. The topological polar surface area (TPSA) is 164 Å². The Bertz CT molecular complexity index is 1220. The number of carboxylic acids is 1. The van der Waals surface area contributed by atoms with E-state index in [1.165, 1.54) is 9.96 Å². The molecule has 2 saturated heterocycles. The minimum absolute atomic E-state index is 0.0566. The van der Waals surface area contributed by atoms with Crippen molar-refractivity contribution in [3.63, 3.8) is 0 Å². The van der Waals surface area contributed by atoms with Gasteiger partial charge in [0, 0.05) is 44.2 Å². The van der Waals surface area contributed by atoms with E-state index < -0.39 is 30.0 Å². The predicted molar refractivity (Wildman–Crippen MR) is 145 cm³/mol. The Balaban J connectivity index is 1.51. The zero-order valence-electron chi connectivity index (χ0n) is 22.9. The molecule has 14 heteroatoms. The van der Waals surface area contributed by atoms with Crippen molar-refractivity contribution in [1.29, 1.82) is 0 Å². The fourth-order valence-corrected chi connectivity index (χ4v) is 4.45. The molecule has 2 aromatic rings. The van der Waals surface area contributed by atoms with Crippen molar-refractivity contribution < 1.29 is 38.6 Å². The van der Waals surface area contributed by atoms with Gasteiger partial charge in [-0.25, -0.2) is 14.8 Å². The summed E-state index contributed by atoms with van der Waals surface area (Å²) in [4.78, 5) is 67.6. The summed E-state index contributed by atoms with van der Waals surface area (Å²) in [6.45, 7) is 4.97. The van der Waals surface area contributed by atoms with Crippen molar-refractivity contribution in [2.24, 2.45) is 0 Å². The summed E-state index contributed by atoms with van der Waals surface area (Å²) in [5.41, 5.74) is 0.777. The first kappa shape index (κ1) is 29.7. The van der Waals surface area contributed by atoms with Crippen molar-refractivity contribution >= 4 is 29.8 Å². The van der Waals surface area contributed by atoms with Crippen molar-refractivity contribution in [3.05, 3.63) is 42.1 Å². The van der Waals surface area contributed by atoms with Gasteiger partial charge >= 0.3 is 12.1 Å². The van der Waals surface area contributed by atoms with Crippen LogP contribution in [0.3, 0.4) is 0 Å². The molecule has 0 saturated carbocycles. The Kier molecular flexibility index (Phi) is 10.4. The fourth-order valence-electron chi connectivity index (χ4n) is 4.45. The van der Waals surface area contributed by atoms with Crippen LogP contribution in [0.4, 0.5) is 10.6 Å². The largest absolute Gasteiger partial charge is 0.527 e. The van der Waals surface area contributed by atoms with Gasteiger partial charge in [-0.05, 0) is 13.3 Å². The van der Waals surface area contributed by atoms with Gasteiger partial charge in [0.25, 0.3) is 5.91 Å². The number of ether oxygens (including phenoxy) is 2. The number of amides is 2. The number of nitrogens with one attached hydrogen (secondary N) is 1. The number of piperazine rings is 1. The lowest BCUT2D eigenvalue weighted by Gasteiger charge is -2.35. The normalized spacial score (nSPS) is 16.5. The van der Waals surface area contributed by atoms with Crippen molar-refractivity contribution in [3.8, 4) is 11.4 Å². The molecule has 2 N–H and O–H groups in total. The van der Waals surface area contributed by atoms with Crippen LogP contribution in [0.25, 0.3) is 11.4 Å². The second-order valence-electron chi connectivity index (χ2n) is 9.39. The molecule has 2 fully saturated rings. The highest BCUT2D eigenvalue weighted by Crippen LogP contribution is 2.21. The quantitative estimate of drug-likeness (QED) is 0.393. The Hall–Kier alpha value is -4.30. The summed E-state index contributed by atoms with van der Waals surface area (Å²) in [7, 11) is 0. The average Bonchev–Trinajstić information content (AvgIpc) is 3.00. The number of benzene rings is 1. The molecule has 4 rings (SSSR count). The van der Waals surface area contributed by atoms with E-state index >= 15 is 0 Å². The molecule has 14 nitrogen and oxygen atoms in total. The van der Waals surface area contributed by atoms with Gasteiger partial charge in [0.1, 0.15) is 17.6 Å². The van der Waals surface area contributed by atoms with E-state index in [9.17, 15) is 24.3 Å². The van der Waals surface area contributed by atoms with Gasteiger partial charge in [-0.15, -0.1) is 5.06 Å². The Morgan fingerprint density at radius 1 is 1.02 bits per heavy atom. The Morgan fingerprint density at radius 3 is 2.39 bits per heavy atom. The highest BCUT2D eigenvalue weighted by Gasteiger charge is 2.31. The van der Waals surface area contributed by atoms with Crippen LogP contribution in [0.1, 0.15) is 30.3 Å². The number of aromatic nitrogens is 2. The van der Waals surface area contributed by atoms with Gasteiger partial charge in [0.15, 0.2) is 5.82 Å². The third kappa shape index (κ3) is 8.35. The van der Waals surface area contributed by atoms with Gasteiger partial charge in [0.2, 0.25) is 5.91 Å². The molecule has 0 radical (unpaired) electrons. The number of aliphatic carboxylic acids is 1. The van der Waals surface area contributed by atoms with Gasteiger partial charge in [-0.1, -0.05) is 30.3 Å². The molecule has 0 spiro atoms. The molecule has 3 heterocycles. The smallest absolute Gasteiger partial charge is 0.481 e. The number of morpholine rings is 1. The number of hydrogen-bond acceptors (Lipinski definition) is 11. The van der Waals surface area contributed by atoms with Crippen LogP contribution in [0, 0.1) is 0 Å². The molecule has 1 aromatic heterocycles. The van der Waals surface area contributed by atoms with Crippen molar-refractivity contribution in [1.82, 2.24) is 25.2 Å². The minimum atomic E-state index is -1.10. The maximum absolute atomic E-state index is 13.5. The molecule has 2 amide bonds. The van der Waals surface area contributed by atoms with E-state index in [2.05, 4.69) is 15.3 Å². The van der Waals surface area contributed by atoms with E-state index in [0.717, 1.165) is 5.56 Å². The summed E-state index contributed by atoms with van der Waals surface area (Å²) in [6.07, 6.45) is -1.25. The Labute approximate surface area is 237 Å². The monoisotopic (exact) mass is 570 g/mol.